The van der Waals surface area contributed by atoms with E-state index in [9.17, 15) is 14.4 Å². The molecule has 0 unspecified atom stereocenters. The minimum absolute atomic E-state index is 0.189. The number of amides is 3. The zero-order chi connectivity index (χ0) is 20.1. The number of nitrogens with one attached hydrogen (secondary N) is 2. The molecule has 1 aliphatic heterocycles. The van der Waals surface area contributed by atoms with Crippen molar-refractivity contribution in [2.75, 3.05) is 7.11 Å². The zero-order valence-electron chi connectivity index (χ0n) is 15.8. The average Bonchev–Trinajstić information content (AvgIpc) is 3.22. The number of carbonyl (C=O) groups is 3. The van der Waals surface area contributed by atoms with Gasteiger partial charge in [-0.25, -0.2) is 14.6 Å². The first-order valence-corrected chi connectivity index (χ1v) is 9.07. The highest BCUT2D eigenvalue weighted by Crippen LogP contribution is 2.17. The van der Waals surface area contributed by atoms with E-state index < -0.39 is 11.9 Å². The molecule has 1 fully saturated rings. The number of imidazole rings is 1. The smallest absolute Gasteiger partial charge is 0.337 e. The molecule has 0 bridgehead atoms. The predicted molar refractivity (Wildman–Crippen MR) is 102 cm³/mol. The summed E-state index contributed by atoms with van der Waals surface area (Å²) in [6.45, 7) is 2.63. The lowest BCUT2D eigenvalue weighted by atomic mass is 10.1. The molecule has 8 nitrogen and oxygen atoms in total. The molecule has 28 heavy (non-hydrogen) atoms. The number of urea groups is 1. The van der Waals surface area contributed by atoms with E-state index in [1.54, 1.807) is 24.4 Å². The standard InChI is InChI=1S/C20H22N4O4/c1-3-4-5-17-21-11-15(10-16-18(25)23-20(27)22-16)24(17)12-13-6-8-14(9-7-13)19(26)28-2/h6-11H,3-5,12H2,1-2H3,(H2,22,23,25,27)/b16-10-. The van der Waals surface area contributed by atoms with Crippen molar-refractivity contribution in [2.24, 2.45) is 0 Å². The van der Waals surface area contributed by atoms with E-state index >= 15 is 0 Å². The molecule has 2 heterocycles. The summed E-state index contributed by atoms with van der Waals surface area (Å²) in [4.78, 5) is 39.3. The van der Waals surface area contributed by atoms with Gasteiger partial charge in [-0.05, 0) is 30.2 Å². The van der Waals surface area contributed by atoms with Crippen LogP contribution in [0.1, 0.15) is 47.2 Å². The molecule has 0 saturated carbocycles. The Hall–Kier alpha value is -3.42. The van der Waals surface area contributed by atoms with Crippen molar-refractivity contribution in [3.05, 3.63) is 58.8 Å². The first kappa shape index (κ1) is 19.3. The van der Waals surface area contributed by atoms with Gasteiger partial charge in [0.05, 0.1) is 24.6 Å². The molecule has 0 radical (unpaired) electrons. The van der Waals surface area contributed by atoms with Crippen molar-refractivity contribution < 1.29 is 19.1 Å². The lowest BCUT2D eigenvalue weighted by Gasteiger charge is -2.11. The molecule has 0 spiro atoms. The second-order valence-electron chi connectivity index (χ2n) is 6.44. The number of unbranched alkanes of at least 4 members (excludes halogenated alkanes) is 1. The van der Waals surface area contributed by atoms with Crippen LogP contribution in [0.25, 0.3) is 6.08 Å². The summed E-state index contributed by atoms with van der Waals surface area (Å²) < 4.78 is 6.73. The van der Waals surface area contributed by atoms with Gasteiger partial charge in [0.2, 0.25) is 0 Å². The van der Waals surface area contributed by atoms with Crippen LogP contribution in [0, 0.1) is 0 Å². The van der Waals surface area contributed by atoms with Gasteiger partial charge in [-0.1, -0.05) is 25.5 Å². The zero-order valence-corrected chi connectivity index (χ0v) is 15.8. The first-order chi connectivity index (χ1) is 13.5. The fourth-order valence-corrected chi connectivity index (χ4v) is 2.94. The molecule has 8 heteroatoms. The molecule has 2 aromatic rings. The van der Waals surface area contributed by atoms with E-state index in [1.807, 2.05) is 16.7 Å². The van der Waals surface area contributed by atoms with Crippen LogP contribution in [0.5, 0.6) is 0 Å². The summed E-state index contributed by atoms with van der Waals surface area (Å²) in [5, 5.41) is 4.68. The summed E-state index contributed by atoms with van der Waals surface area (Å²) in [7, 11) is 1.35. The van der Waals surface area contributed by atoms with Crippen LogP contribution in [0.3, 0.4) is 0 Å². The van der Waals surface area contributed by atoms with E-state index in [0.717, 1.165) is 36.3 Å². The number of aromatic nitrogens is 2. The molecule has 1 aromatic heterocycles. The van der Waals surface area contributed by atoms with Crippen LogP contribution < -0.4 is 10.6 Å². The van der Waals surface area contributed by atoms with Gasteiger partial charge in [-0.2, -0.15) is 0 Å². The minimum atomic E-state index is -0.535. The second-order valence-corrected chi connectivity index (χ2v) is 6.44. The largest absolute Gasteiger partial charge is 0.465 e. The molecule has 1 saturated heterocycles. The van der Waals surface area contributed by atoms with E-state index in [1.165, 1.54) is 7.11 Å². The Morgan fingerprint density at radius 2 is 1.96 bits per heavy atom. The molecule has 1 aliphatic rings. The first-order valence-electron chi connectivity index (χ1n) is 9.07. The van der Waals surface area contributed by atoms with Crippen molar-refractivity contribution in [1.29, 1.82) is 0 Å². The van der Waals surface area contributed by atoms with Crippen LogP contribution in [0.4, 0.5) is 4.79 Å². The Kier molecular flexibility index (Phi) is 5.88. The number of hydrogen-bond donors (Lipinski definition) is 2. The third-order valence-electron chi connectivity index (χ3n) is 4.45. The Labute approximate surface area is 162 Å². The highest BCUT2D eigenvalue weighted by molar-refractivity contribution is 6.13. The normalized spacial score (nSPS) is 14.9. The van der Waals surface area contributed by atoms with Crippen LogP contribution in [-0.2, 0) is 22.5 Å². The number of imide groups is 1. The maximum Gasteiger partial charge on any atom is 0.337 e. The van der Waals surface area contributed by atoms with Crippen molar-refractivity contribution in [3.63, 3.8) is 0 Å². The lowest BCUT2D eigenvalue weighted by molar-refractivity contribution is -0.115. The van der Waals surface area contributed by atoms with Crippen molar-refractivity contribution in [2.45, 2.75) is 32.7 Å². The number of rotatable bonds is 7. The van der Waals surface area contributed by atoms with Gasteiger partial charge in [0.15, 0.2) is 0 Å². The summed E-state index contributed by atoms with van der Waals surface area (Å²) in [6.07, 6.45) is 6.14. The SMILES string of the molecule is CCCCc1ncc(/C=C2\NC(=O)NC2=O)n1Cc1ccc(C(=O)OC)cc1. The topological polar surface area (TPSA) is 102 Å². The van der Waals surface area contributed by atoms with Crippen molar-refractivity contribution >= 4 is 24.0 Å². The van der Waals surface area contributed by atoms with Gasteiger partial charge >= 0.3 is 12.0 Å². The second kappa shape index (κ2) is 8.51. The third-order valence-corrected chi connectivity index (χ3v) is 4.45. The van der Waals surface area contributed by atoms with Crippen molar-refractivity contribution in [1.82, 2.24) is 20.2 Å². The molecule has 1 aromatic carbocycles. The Morgan fingerprint density at radius 3 is 2.57 bits per heavy atom. The van der Waals surface area contributed by atoms with Gasteiger partial charge in [0, 0.05) is 13.0 Å². The Bertz CT molecular complexity index is 928. The Morgan fingerprint density at radius 1 is 1.21 bits per heavy atom. The number of nitrogens with zero attached hydrogens (tertiary/aromatic N) is 2. The molecular weight excluding hydrogens is 360 g/mol. The van der Waals surface area contributed by atoms with Gasteiger partial charge in [-0.15, -0.1) is 0 Å². The summed E-state index contributed by atoms with van der Waals surface area (Å²) >= 11 is 0. The molecule has 2 N–H and O–H groups in total. The van der Waals surface area contributed by atoms with Gasteiger partial charge in [-0.3, -0.25) is 10.1 Å². The van der Waals surface area contributed by atoms with Crippen LogP contribution >= 0.6 is 0 Å². The maximum absolute atomic E-state index is 11.8. The number of esters is 1. The summed E-state index contributed by atoms with van der Waals surface area (Å²) in [5.41, 5.74) is 2.36. The van der Waals surface area contributed by atoms with E-state index in [0.29, 0.717) is 12.1 Å². The molecule has 0 atom stereocenters. The Balaban J connectivity index is 1.90. The monoisotopic (exact) mass is 382 g/mol. The molecule has 146 valence electrons. The van der Waals surface area contributed by atoms with Crippen molar-refractivity contribution in [3.8, 4) is 0 Å². The van der Waals surface area contributed by atoms with Gasteiger partial charge in [0.1, 0.15) is 11.5 Å². The number of hydrogen-bond acceptors (Lipinski definition) is 5. The summed E-state index contributed by atoms with van der Waals surface area (Å²) in [6, 6.07) is 6.61. The predicted octanol–water partition coefficient (Wildman–Crippen LogP) is 2.24. The third kappa shape index (κ3) is 4.28. The highest BCUT2D eigenvalue weighted by atomic mass is 16.5. The fourth-order valence-electron chi connectivity index (χ4n) is 2.94. The average molecular weight is 382 g/mol. The molecule has 0 aliphatic carbocycles. The number of methoxy groups -OCH3 is 1. The molecule has 3 amide bonds. The lowest BCUT2D eigenvalue weighted by Crippen LogP contribution is -2.22. The van der Waals surface area contributed by atoms with Crippen LogP contribution in [0.15, 0.2) is 36.2 Å². The quantitative estimate of drug-likeness (QED) is 0.434. The minimum Gasteiger partial charge on any atom is -0.465 e. The number of benzene rings is 1. The van der Waals surface area contributed by atoms with E-state index in [2.05, 4.69) is 22.5 Å². The summed E-state index contributed by atoms with van der Waals surface area (Å²) in [5.74, 6) is 0.0528. The number of ether oxygens (including phenoxy) is 1. The maximum atomic E-state index is 11.8. The fraction of sp³-hybridized carbons (Fsp3) is 0.300. The van der Waals surface area contributed by atoms with Gasteiger partial charge in [0.25, 0.3) is 5.91 Å². The molecular formula is C20H22N4O4. The van der Waals surface area contributed by atoms with E-state index in [4.69, 9.17) is 4.74 Å². The van der Waals surface area contributed by atoms with Gasteiger partial charge < -0.3 is 14.6 Å². The number of carbonyl (C=O) groups excluding carboxylic acids is 3. The highest BCUT2D eigenvalue weighted by Gasteiger charge is 2.23. The number of aryl methyl sites for hydroxylation is 1. The van der Waals surface area contributed by atoms with E-state index in [-0.39, 0.29) is 11.7 Å². The van der Waals surface area contributed by atoms with Crippen LogP contribution in [0.2, 0.25) is 0 Å². The van der Waals surface area contributed by atoms with Crippen LogP contribution in [-0.4, -0.2) is 34.6 Å². The molecule has 3 rings (SSSR count).